The second-order valence-electron chi connectivity index (χ2n) is 3.22. The molecule has 0 aliphatic heterocycles. The number of primary amides is 1. The Morgan fingerprint density at radius 3 is 1.33 bits per heavy atom. The highest BCUT2D eigenvalue weighted by atomic mass is 31.0. The lowest BCUT2D eigenvalue weighted by Crippen LogP contribution is -2.42. The molecule has 0 aliphatic rings. The normalized spacial score (nSPS) is 9.33. The van der Waals surface area contributed by atoms with E-state index in [0.29, 0.717) is 0 Å². The third-order valence-electron chi connectivity index (χ3n) is 2.49. The van der Waals surface area contributed by atoms with Crippen molar-refractivity contribution < 1.29 is 19.2 Å². The number of hydrogen-bond acceptors (Lipinski definition) is 3. The molecule has 0 heterocycles. The zero-order chi connectivity index (χ0) is 11.8. The van der Waals surface area contributed by atoms with E-state index in [9.17, 15) is 4.79 Å². The Kier molecular flexibility index (Phi) is 13.1. The van der Waals surface area contributed by atoms with Crippen molar-refractivity contribution in [3.63, 3.8) is 0 Å². The van der Waals surface area contributed by atoms with Crippen LogP contribution in [0.3, 0.4) is 0 Å². The summed E-state index contributed by atoms with van der Waals surface area (Å²) in [5.74, 6) is -3.29. The molecule has 0 aromatic carbocycles. The van der Waals surface area contributed by atoms with Gasteiger partial charge in [-0.2, -0.15) is 9.90 Å². The summed E-state index contributed by atoms with van der Waals surface area (Å²) < 4.78 is 1.21. The van der Waals surface area contributed by atoms with Gasteiger partial charge in [0.15, 0.2) is 0 Å². The van der Waals surface area contributed by atoms with Gasteiger partial charge in [0.2, 0.25) is 0 Å². The zero-order valence-corrected chi connectivity index (χ0v) is 11.5. The Balaban J connectivity index is -0.000000187. The fourth-order valence-electron chi connectivity index (χ4n) is 0.671. The van der Waals surface area contributed by atoms with Crippen molar-refractivity contribution >= 4 is 21.8 Å². The Labute approximate surface area is 94.8 Å². The third-order valence-corrected chi connectivity index (χ3v) is 2.49. The molecule has 0 saturated heterocycles. The van der Waals surface area contributed by atoms with E-state index in [0.717, 1.165) is 0 Å². The highest BCUT2D eigenvalue weighted by Gasteiger charge is 2.10. The molecule has 5 nitrogen and oxygen atoms in total. The van der Waals surface area contributed by atoms with Crippen LogP contribution in [0.15, 0.2) is 0 Å². The van der Waals surface area contributed by atoms with E-state index >= 15 is 0 Å². The number of hydrogen-bond donors (Lipinski definition) is 1. The summed E-state index contributed by atoms with van der Waals surface area (Å²) in [5, 5.41) is 9.11. The standard InChI is InChI=1S/C7H18N.C2H3NO3.H3P/c1-5-8(4,6-2)7-3;3-1(4)2(5)6;/h5-7H2,1-4H3;(H2,3,4)(H,5,6);1H3/q+1;;/p-1. The Morgan fingerprint density at radius 2 is 1.33 bits per heavy atom. The van der Waals surface area contributed by atoms with E-state index in [1.165, 1.54) is 24.1 Å². The molecular weight excluding hydrogens is 215 g/mol. The molecule has 0 radical (unpaired) electrons. The molecule has 6 heteroatoms. The minimum Gasteiger partial charge on any atom is -0.540 e. The Hall–Kier alpha value is -0.670. The maximum atomic E-state index is 9.26. The quantitative estimate of drug-likeness (QED) is 0.380. The molecular formula is C9H23N2O3P. The number of carboxylic acids is 1. The van der Waals surface area contributed by atoms with Crippen molar-refractivity contribution in [2.24, 2.45) is 5.73 Å². The van der Waals surface area contributed by atoms with Crippen LogP contribution in [0.4, 0.5) is 0 Å². The number of carbonyl (C=O) groups excluding carboxylic acids is 2. The van der Waals surface area contributed by atoms with Crippen molar-refractivity contribution in [1.82, 2.24) is 0 Å². The van der Waals surface area contributed by atoms with Crippen LogP contribution in [0.1, 0.15) is 20.8 Å². The molecule has 0 spiro atoms. The SMILES string of the molecule is CC[N+](C)(CC)CC.NC(=O)C(=O)[O-].P. The van der Waals surface area contributed by atoms with Crippen molar-refractivity contribution in [3.8, 4) is 0 Å². The average molecular weight is 238 g/mol. The fraction of sp³-hybridized carbons (Fsp3) is 0.778. The molecule has 0 aliphatic carbocycles. The minimum atomic E-state index is -1.85. The highest BCUT2D eigenvalue weighted by Crippen LogP contribution is 1.97. The monoisotopic (exact) mass is 238 g/mol. The van der Waals surface area contributed by atoms with Crippen molar-refractivity contribution in [3.05, 3.63) is 0 Å². The first-order valence-corrected chi connectivity index (χ1v) is 4.67. The van der Waals surface area contributed by atoms with Crippen LogP contribution in [-0.4, -0.2) is 43.0 Å². The topological polar surface area (TPSA) is 83.2 Å². The van der Waals surface area contributed by atoms with Gasteiger partial charge >= 0.3 is 0 Å². The maximum absolute atomic E-state index is 9.26. The number of carboxylic acid groups (broad SMARTS) is 1. The van der Waals surface area contributed by atoms with Gasteiger partial charge in [-0.15, -0.1) is 0 Å². The van der Waals surface area contributed by atoms with Crippen molar-refractivity contribution in [2.45, 2.75) is 20.8 Å². The number of nitrogens with two attached hydrogens (primary N) is 1. The number of amides is 1. The van der Waals surface area contributed by atoms with Crippen LogP contribution in [0.25, 0.3) is 0 Å². The first-order chi connectivity index (χ1) is 6.32. The average Bonchev–Trinajstić information content (AvgIpc) is 2.17. The molecule has 92 valence electrons. The molecule has 0 fully saturated rings. The molecule has 1 amide bonds. The number of nitrogens with zero attached hydrogens (tertiary/aromatic N) is 1. The molecule has 0 saturated carbocycles. The van der Waals surface area contributed by atoms with Gasteiger partial charge < -0.3 is 20.1 Å². The summed E-state index contributed by atoms with van der Waals surface area (Å²) in [5.41, 5.74) is 4.13. The van der Waals surface area contributed by atoms with Gasteiger partial charge in [0.1, 0.15) is 5.97 Å². The molecule has 1 atom stereocenters. The molecule has 15 heavy (non-hydrogen) atoms. The number of quaternary nitrogens is 1. The lowest BCUT2D eigenvalue weighted by molar-refractivity contribution is -0.904. The van der Waals surface area contributed by atoms with Crippen LogP contribution >= 0.6 is 9.90 Å². The predicted molar refractivity (Wildman–Crippen MR) is 63.1 cm³/mol. The van der Waals surface area contributed by atoms with E-state index < -0.39 is 11.9 Å². The van der Waals surface area contributed by atoms with Gasteiger partial charge in [0.25, 0.3) is 5.91 Å². The van der Waals surface area contributed by atoms with E-state index in [2.05, 4.69) is 33.6 Å². The Bertz CT molecular complexity index is 174. The van der Waals surface area contributed by atoms with E-state index in [1.54, 1.807) is 0 Å². The summed E-state index contributed by atoms with van der Waals surface area (Å²) in [7, 11) is 2.29. The van der Waals surface area contributed by atoms with Gasteiger partial charge in [0.05, 0.1) is 26.7 Å². The molecule has 1 unspecified atom stereocenters. The van der Waals surface area contributed by atoms with Crippen LogP contribution < -0.4 is 10.8 Å². The first-order valence-electron chi connectivity index (χ1n) is 4.67. The summed E-state index contributed by atoms with van der Waals surface area (Å²) >= 11 is 0. The fourth-order valence-corrected chi connectivity index (χ4v) is 0.671. The van der Waals surface area contributed by atoms with E-state index in [4.69, 9.17) is 9.90 Å². The van der Waals surface area contributed by atoms with E-state index in [1.807, 2.05) is 0 Å². The number of rotatable bonds is 3. The summed E-state index contributed by atoms with van der Waals surface area (Å²) in [6.07, 6.45) is 0. The molecule has 0 aromatic heterocycles. The smallest absolute Gasteiger partial charge is 0.264 e. The van der Waals surface area contributed by atoms with Crippen molar-refractivity contribution in [2.75, 3.05) is 26.7 Å². The van der Waals surface area contributed by atoms with Gasteiger partial charge in [-0.3, -0.25) is 4.79 Å². The zero-order valence-electron chi connectivity index (χ0n) is 10.1. The lowest BCUT2D eigenvalue weighted by atomic mass is 10.4. The minimum absolute atomic E-state index is 0. The third kappa shape index (κ3) is 11.3. The highest BCUT2D eigenvalue weighted by molar-refractivity contribution is 6.92. The number of carbonyl (C=O) groups is 2. The second kappa shape index (κ2) is 9.87. The van der Waals surface area contributed by atoms with Crippen LogP contribution in [0.5, 0.6) is 0 Å². The lowest BCUT2D eigenvalue weighted by Gasteiger charge is -2.30. The van der Waals surface area contributed by atoms with Gasteiger partial charge in [-0.05, 0) is 20.8 Å². The first kappa shape index (κ1) is 19.8. The summed E-state index contributed by atoms with van der Waals surface area (Å²) in [4.78, 5) is 18.4. The van der Waals surface area contributed by atoms with Crippen LogP contribution in [0.2, 0.25) is 0 Å². The second-order valence-corrected chi connectivity index (χ2v) is 3.22. The van der Waals surface area contributed by atoms with Gasteiger partial charge in [-0.25, -0.2) is 0 Å². The summed E-state index contributed by atoms with van der Waals surface area (Å²) in [6.45, 7) is 10.5. The van der Waals surface area contributed by atoms with Crippen LogP contribution in [-0.2, 0) is 9.59 Å². The molecule has 2 N–H and O–H groups in total. The van der Waals surface area contributed by atoms with Gasteiger partial charge in [0, 0.05) is 0 Å². The molecule has 0 bridgehead atoms. The molecule has 0 aromatic rings. The van der Waals surface area contributed by atoms with Crippen molar-refractivity contribution in [1.29, 1.82) is 0 Å². The van der Waals surface area contributed by atoms with Gasteiger partial charge in [-0.1, -0.05) is 0 Å². The molecule has 0 rings (SSSR count). The number of aliphatic carboxylic acids is 1. The maximum Gasteiger partial charge on any atom is 0.264 e. The largest absolute Gasteiger partial charge is 0.540 e. The van der Waals surface area contributed by atoms with Crippen LogP contribution in [0, 0.1) is 0 Å². The predicted octanol–water partition coefficient (Wildman–Crippen LogP) is -1.23. The Morgan fingerprint density at radius 1 is 1.13 bits per heavy atom. The van der Waals surface area contributed by atoms with E-state index in [-0.39, 0.29) is 9.90 Å². The summed E-state index contributed by atoms with van der Waals surface area (Å²) in [6, 6.07) is 0.